The fourth-order valence-electron chi connectivity index (χ4n) is 2.03. The lowest BCUT2D eigenvalue weighted by Gasteiger charge is -2.04. The molecule has 0 fully saturated rings. The number of benzene rings is 2. The van der Waals surface area contributed by atoms with Crippen LogP contribution in [0.4, 0.5) is 0 Å². The first-order valence-corrected chi connectivity index (χ1v) is 7.60. The van der Waals surface area contributed by atoms with Crippen LogP contribution in [0.3, 0.4) is 0 Å². The average molecular weight is 361 g/mol. The molecule has 4 heteroatoms. The molecule has 0 aromatic heterocycles. The standard InChI is InChI=1S/C18H17BrO3/c1-21-16-8-4-6-13(11-16)5-3-7-14-9-10-15(12-17(14)19)18(20)22-2/h3-4,6-12H,5H2,1-2H3/b7-3+. The van der Waals surface area contributed by atoms with Gasteiger partial charge in [0.25, 0.3) is 0 Å². The first kappa shape index (κ1) is 16.3. The molecule has 2 aromatic carbocycles. The highest BCUT2D eigenvalue weighted by Crippen LogP contribution is 2.21. The van der Waals surface area contributed by atoms with Crippen molar-refractivity contribution < 1.29 is 14.3 Å². The summed E-state index contributed by atoms with van der Waals surface area (Å²) in [7, 11) is 3.03. The van der Waals surface area contributed by atoms with Crippen LogP contribution in [0, 0.1) is 0 Å². The van der Waals surface area contributed by atoms with Gasteiger partial charge in [0.2, 0.25) is 0 Å². The number of carbonyl (C=O) groups excluding carboxylic acids is 1. The van der Waals surface area contributed by atoms with E-state index < -0.39 is 0 Å². The highest BCUT2D eigenvalue weighted by atomic mass is 79.9. The van der Waals surface area contributed by atoms with Gasteiger partial charge in [-0.25, -0.2) is 4.79 Å². The number of carbonyl (C=O) groups is 1. The van der Waals surface area contributed by atoms with Crippen molar-refractivity contribution in [3.05, 3.63) is 69.7 Å². The number of hydrogen-bond acceptors (Lipinski definition) is 3. The van der Waals surface area contributed by atoms with E-state index in [4.69, 9.17) is 9.47 Å². The Kier molecular flexibility index (Phi) is 5.78. The molecule has 22 heavy (non-hydrogen) atoms. The minimum absolute atomic E-state index is 0.340. The van der Waals surface area contributed by atoms with E-state index in [1.54, 1.807) is 19.2 Å². The van der Waals surface area contributed by atoms with E-state index in [0.717, 1.165) is 22.2 Å². The number of hydrogen-bond donors (Lipinski definition) is 0. The summed E-state index contributed by atoms with van der Waals surface area (Å²) in [6, 6.07) is 13.4. The molecule has 0 radical (unpaired) electrons. The van der Waals surface area contributed by atoms with E-state index in [1.807, 2.05) is 30.3 Å². The van der Waals surface area contributed by atoms with Gasteiger partial charge in [-0.15, -0.1) is 0 Å². The van der Waals surface area contributed by atoms with Crippen LogP contribution in [0.2, 0.25) is 0 Å². The molecule has 0 saturated heterocycles. The van der Waals surface area contributed by atoms with Crippen LogP contribution in [0.15, 0.2) is 53.0 Å². The minimum Gasteiger partial charge on any atom is -0.497 e. The van der Waals surface area contributed by atoms with Crippen LogP contribution in [-0.2, 0) is 11.2 Å². The first-order chi connectivity index (χ1) is 10.6. The Balaban J connectivity index is 2.08. The van der Waals surface area contributed by atoms with E-state index in [2.05, 4.69) is 28.1 Å². The molecule has 0 bridgehead atoms. The molecule has 0 spiro atoms. The van der Waals surface area contributed by atoms with E-state index in [9.17, 15) is 4.79 Å². The summed E-state index contributed by atoms with van der Waals surface area (Å²) in [4.78, 5) is 11.5. The van der Waals surface area contributed by atoms with E-state index in [1.165, 1.54) is 12.7 Å². The zero-order chi connectivity index (χ0) is 15.9. The number of halogens is 1. The van der Waals surface area contributed by atoms with Gasteiger partial charge in [-0.05, 0) is 41.8 Å². The zero-order valence-corrected chi connectivity index (χ0v) is 14.1. The largest absolute Gasteiger partial charge is 0.497 e. The van der Waals surface area contributed by atoms with Gasteiger partial charge in [0.05, 0.1) is 19.8 Å². The van der Waals surface area contributed by atoms with Crippen LogP contribution >= 0.6 is 15.9 Å². The molecule has 0 saturated carbocycles. The number of rotatable bonds is 5. The summed E-state index contributed by atoms with van der Waals surface area (Å²) < 4.78 is 10.8. The molecule has 0 heterocycles. The van der Waals surface area contributed by atoms with Crippen molar-refractivity contribution in [3.8, 4) is 5.75 Å². The smallest absolute Gasteiger partial charge is 0.337 e. The second-order valence-corrected chi connectivity index (χ2v) is 5.54. The van der Waals surface area contributed by atoms with Crippen LogP contribution in [-0.4, -0.2) is 20.2 Å². The van der Waals surface area contributed by atoms with Crippen LogP contribution in [0.1, 0.15) is 21.5 Å². The molecule has 0 unspecified atom stereocenters. The van der Waals surface area contributed by atoms with E-state index >= 15 is 0 Å². The summed E-state index contributed by atoms with van der Waals surface area (Å²) in [6.07, 6.45) is 4.90. The Labute approximate surface area is 138 Å². The van der Waals surface area contributed by atoms with Crippen molar-refractivity contribution in [2.45, 2.75) is 6.42 Å². The number of esters is 1. The van der Waals surface area contributed by atoms with E-state index in [-0.39, 0.29) is 5.97 Å². The predicted octanol–water partition coefficient (Wildman–Crippen LogP) is 4.50. The Morgan fingerprint density at radius 1 is 1.18 bits per heavy atom. The maximum atomic E-state index is 11.5. The lowest BCUT2D eigenvalue weighted by Crippen LogP contribution is -2.00. The topological polar surface area (TPSA) is 35.5 Å². The maximum Gasteiger partial charge on any atom is 0.337 e. The number of ether oxygens (including phenoxy) is 2. The monoisotopic (exact) mass is 360 g/mol. The molecule has 0 aliphatic rings. The molecule has 0 N–H and O–H groups in total. The second kappa shape index (κ2) is 7.80. The summed E-state index contributed by atoms with van der Waals surface area (Å²) >= 11 is 3.47. The summed E-state index contributed by atoms with van der Waals surface area (Å²) in [5, 5.41) is 0. The van der Waals surface area contributed by atoms with Crippen molar-refractivity contribution >= 4 is 28.0 Å². The van der Waals surface area contributed by atoms with Crippen LogP contribution in [0.5, 0.6) is 5.75 Å². The molecular formula is C18H17BrO3. The third kappa shape index (κ3) is 4.21. The fourth-order valence-corrected chi connectivity index (χ4v) is 2.54. The lowest BCUT2D eigenvalue weighted by atomic mass is 10.1. The molecule has 2 aromatic rings. The highest BCUT2D eigenvalue weighted by Gasteiger charge is 2.06. The van der Waals surface area contributed by atoms with Gasteiger partial charge in [0, 0.05) is 4.47 Å². The predicted molar refractivity (Wildman–Crippen MR) is 91.2 cm³/mol. The highest BCUT2D eigenvalue weighted by molar-refractivity contribution is 9.10. The average Bonchev–Trinajstić information content (AvgIpc) is 2.55. The Morgan fingerprint density at radius 2 is 2.00 bits per heavy atom. The van der Waals surface area contributed by atoms with Gasteiger partial charge in [0.15, 0.2) is 0 Å². The Morgan fingerprint density at radius 3 is 2.68 bits per heavy atom. The second-order valence-electron chi connectivity index (χ2n) is 4.69. The van der Waals surface area contributed by atoms with Crippen molar-refractivity contribution in [3.63, 3.8) is 0 Å². The molecule has 2 rings (SSSR count). The quantitative estimate of drug-likeness (QED) is 0.736. The Bertz CT molecular complexity index is 692. The molecule has 0 atom stereocenters. The summed E-state index contributed by atoms with van der Waals surface area (Å²) in [5.74, 6) is 0.516. The minimum atomic E-state index is -0.340. The number of allylic oxidation sites excluding steroid dienone is 1. The number of methoxy groups -OCH3 is 2. The van der Waals surface area contributed by atoms with Gasteiger partial charge in [0.1, 0.15) is 5.75 Å². The van der Waals surface area contributed by atoms with Crippen LogP contribution in [0.25, 0.3) is 6.08 Å². The normalized spacial score (nSPS) is 10.7. The van der Waals surface area contributed by atoms with Crippen LogP contribution < -0.4 is 4.74 Å². The summed E-state index contributed by atoms with van der Waals surface area (Å²) in [6.45, 7) is 0. The lowest BCUT2D eigenvalue weighted by molar-refractivity contribution is 0.0600. The van der Waals surface area contributed by atoms with E-state index in [0.29, 0.717) is 5.56 Å². The third-order valence-electron chi connectivity index (χ3n) is 3.21. The molecule has 114 valence electrons. The molecule has 0 amide bonds. The van der Waals surface area contributed by atoms with Gasteiger partial charge < -0.3 is 9.47 Å². The third-order valence-corrected chi connectivity index (χ3v) is 3.89. The van der Waals surface area contributed by atoms with Crippen molar-refractivity contribution in [1.82, 2.24) is 0 Å². The van der Waals surface area contributed by atoms with Crippen molar-refractivity contribution in [2.75, 3.05) is 14.2 Å². The molecule has 3 nitrogen and oxygen atoms in total. The van der Waals surface area contributed by atoms with Gasteiger partial charge in [-0.3, -0.25) is 0 Å². The Hall–Kier alpha value is -2.07. The molecular weight excluding hydrogens is 344 g/mol. The van der Waals surface area contributed by atoms with Crippen molar-refractivity contribution in [2.24, 2.45) is 0 Å². The maximum absolute atomic E-state index is 11.5. The SMILES string of the molecule is COC(=O)c1ccc(/C=C/Cc2cccc(OC)c2)c(Br)c1. The van der Waals surface area contributed by atoms with Gasteiger partial charge in [-0.2, -0.15) is 0 Å². The first-order valence-electron chi connectivity index (χ1n) is 6.81. The van der Waals surface area contributed by atoms with Crippen molar-refractivity contribution in [1.29, 1.82) is 0 Å². The molecule has 0 aliphatic heterocycles. The molecule has 0 aliphatic carbocycles. The summed E-state index contributed by atoms with van der Waals surface area (Å²) in [5.41, 5.74) is 2.72. The van der Waals surface area contributed by atoms with Gasteiger partial charge in [-0.1, -0.05) is 46.3 Å². The zero-order valence-electron chi connectivity index (χ0n) is 12.5. The fraction of sp³-hybridized carbons (Fsp3) is 0.167. The van der Waals surface area contributed by atoms with Gasteiger partial charge >= 0.3 is 5.97 Å².